The summed E-state index contributed by atoms with van der Waals surface area (Å²) in [5.41, 5.74) is 1.03. The predicted octanol–water partition coefficient (Wildman–Crippen LogP) is 3.44. The molecule has 1 rings (SSSR count). The van der Waals surface area contributed by atoms with Crippen LogP contribution in [0.15, 0.2) is 40.3 Å². The zero-order valence-electron chi connectivity index (χ0n) is 11.5. The van der Waals surface area contributed by atoms with Crippen molar-refractivity contribution in [3.8, 4) is 0 Å². The molecule has 106 valence electrons. The van der Waals surface area contributed by atoms with E-state index in [1.54, 1.807) is 24.3 Å². The predicted molar refractivity (Wildman–Crippen MR) is 79.8 cm³/mol. The summed E-state index contributed by atoms with van der Waals surface area (Å²) in [5, 5.41) is 0.682. The molecule has 1 aromatic carbocycles. The monoisotopic (exact) mass is 301 g/mol. The van der Waals surface area contributed by atoms with E-state index in [1.165, 1.54) is 0 Å². The summed E-state index contributed by atoms with van der Waals surface area (Å²) in [6.07, 6.45) is 2.42. The molecule has 0 atom stereocenters. The van der Waals surface area contributed by atoms with Crippen molar-refractivity contribution in [1.82, 2.24) is 4.72 Å². The van der Waals surface area contributed by atoms with Crippen LogP contribution in [0.5, 0.6) is 0 Å². The highest BCUT2D eigenvalue weighted by atomic mass is 35.5. The zero-order chi connectivity index (χ0) is 14.5. The van der Waals surface area contributed by atoms with Gasteiger partial charge in [-0.1, -0.05) is 49.2 Å². The van der Waals surface area contributed by atoms with Gasteiger partial charge in [0.15, 0.2) is 0 Å². The van der Waals surface area contributed by atoms with Gasteiger partial charge in [-0.3, -0.25) is 0 Å². The maximum Gasteiger partial charge on any atom is 0.240 e. The normalized spacial score (nSPS) is 13.0. The molecule has 0 aliphatic heterocycles. The van der Waals surface area contributed by atoms with E-state index < -0.39 is 10.0 Å². The molecule has 0 aromatic heterocycles. The van der Waals surface area contributed by atoms with Gasteiger partial charge in [0.05, 0.1) is 4.90 Å². The van der Waals surface area contributed by atoms with Gasteiger partial charge in [0.2, 0.25) is 10.0 Å². The first-order valence-corrected chi connectivity index (χ1v) is 8.10. The number of allylic oxidation sites excluding steroid dienone is 1. The zero-order valence-corrected chi connectivity index (χ0v) is 13.1. The van der Waals surface area contributed by atoms with Gasteiger partial charge in [0, 0.05) is 11.6 Å². The summed E-state index contributed by atoms with van der Waals surface area (Å²) < 4.78 is 26.5. The average molecular weight is 302 g/mol. The Balaban J connectivity index is 2.59. The summed E-state index contributed by atoms with van der Waals surface area (Å²) in [6, 6.07) is 6.76. The minimum absolute atomic E-state index is 0.280. The molecule has 0 unspecified atom stereocenters. The van der Waals surface area contributed by atoms with Crippen LogP contribution in [0.25, 0.3) is 0 Å². The summed E-state index contributed by atoms with van der Waals surface area (Å²) in [7, 11) is -3.44. The first kappa shape index (κ1) is 16.2. The van der Waals surface area contributed by atoms with Crippen molar-refractivity contribution in [2.45, 2.75) is 32.1 Å². The van der Waals surface area contributed by atoms with E-state index in [-0.39, 0.29) is 4.90 Å². The number of hydrogen-bond acceptors (Lipinski definition) is 2. The third-order valence-corrected chi connectivity index (χ3v) is 4.29. The van der Waals surface area contributed by atoms with E-state index in [4.69, 9.17) is 11.6 Å². The molecular weight excluding hydrogens is 282 g/mol. The number of nitrogens with one attached hydrogen (secondary N) is 1. The topological polar surface area (TPSA) is 46.2 Å². The highest BCUT2D eigenvalue weighted by Gasteiger charge is 2.12. The van der Waals surface area contributed by atoms with Crippen molar-refractivity contribution in [3.05, 3.63) is 40.9 Å². The van der Waals surface area contributed by atoms with Crippen LogP contribution in [0.4, 0.5) is 0 Å². The van der Waals surface area contributed by atoms with Gasteiger partial charge in [-0.05, 0) is 31.4 Å². The van der Waals surface area contributed by atoms with E-state index in [2.05, 4.69) is 4.72 Å². The smallest absolute Gasteiger partial charge is 0.211 e. The molecular formula is C14H20ClNO2S. The highest BCUT2D eigenvalue weighted by Crippen LogP contribution is 2.13. The molecule has 0 aliphatic rings. The SMILES string of the molecule is Cc1ccc(S(=O)(=O)NCC/C(Cl)=C\C(C)C)cc1. The Bertz CT molecular complexity index is 533. The van der Waals surface area contributed by atoms with Crippen LogP contribution in [-0.2, 0) is 10.0 Å². The number of benzene rings is 1. The van der Waals surface area contributed by atoms with Gasteiger partial charge in [0.25, 0.3) is 0 Å². The van der Waals surface area contributed by atoms with Gasteiger partial charge in [-0.15, -0.1) is 0 Å². The molecule has 0 bridgehead atoms. The number of hydrogen-bond donors (Lipinski definition) is 1. The second-order valence-corrected chi connectivity index (χ2v) is 7.07. The average Bonchev–Trinajstić information content (AvgIpc) is 2.28. The Hall–Kier alpha value is -0.840. The maximum atomic E-state index is 12.0. The summed E-state index contributed by atoms with van der Waals surface area (Å²) in [5.74, 6) is 0.362. The van der Waals surface area contributed by atoms with Gasteiger partial charge < -0.3 is 0 Å². The third-order valence-electron chi connectivity index (χ3n) is 2.50. The maximum absolute atomic E-state index is 12.0. The molecule has 0 saturated carbocycles. The van der Waals surface area contributed by atoms with Gasteiger partial charge >= 0.3 is 0 Å². The molecule has 0 saturated heterocycles. The molecule has 5 heteroatoms. The Morgan fingerprint density at radius 3 is 2.42 bits per heavy atom. The Labute approximate surface area is 120 Å². The first-order valence-electron chi connectivity index (χ1n) is 6.24. The molecule has 0 aliphatic carbocycles. The molecule has 1 N–H and O–H groups in total. The fourth-order valence-corrected chi connectivity index (χ4v) is 2.93. The third kappa shape index (κ3) is 5.76. The molecule has 19 heavy (non-hydrogen) atoms. The fourth-order valence-electron chi connectivity index (χ4n) is 1.55. The summed E-state index contributed by atoms with van der Waals surface area (Å²) >= 11 is 6.00. The summed E-state index contributed by atoms with van der Waals surface area (Å²) in [6.45, 7) is 6.27. The Morgan fingerprint density at radius 2 is 1.89 bits per heavy atom. The van der Waals surface area contributed by atoms with E-state index >= 15 is 0 Å². The van der Waals surface area contributed by atoms with Crippen molar-refractivity contribution in [1.29, 1.82) is 0 Å². The van der Waals surface area contributed by atoms with Gasteiger partial charge in [-0.25, -0.2) is 13.1 Å². The number of rotatable bonds is 6. The van der Waals surface area contributed by atoms with Crippen molar-refractivity contribution in [2.75, 3.05) is 6.54 Å². The number of sulfonamides is 1. The van der Waals surface area contributed by atoms with Gasteiger partial charge in [-0.2, -0.15) is 0 Å². The lowest BCUT2D eigenvalue weighted by molar-refractivity contribution is 0.582. The van der Waals surface area contributed by atoms with Crippen LogP contribution in [0.3, 0.4) is 0 Å². The molecule has 0 amide bonds. The lowest BCUT2D eigenvalue weighted by Gasteiger charge is -2.07. The fraction of sp³-hybridized carbons (Fsp3) is 0.429. The van der Waals surface area contributed by atoms with Crippen molar-refractivity contribution in [2.24, 2.45) is 5.92 Å². The largest absolute Gasteiger partial charge is 0.240 e. The second kappa shape index (κ2) is 7.08. The van der Waals surface area contributed by atoms with Crippen LogP contribution in [-0.4, -0.2) is 15.0 Å². The molecule has 0 heterocycles. The van der Waals surface area contributed by atoms with Gasteiger partial charge in [0.1, 0.15) is 0 Å². The molecule has 3 nitrogen and oxygen atoms in total. The standard InChI is InChI=1S/C14H20ClNO2S/c1-11(2)10-13(15)8-9-16-19(17,18)14-6-4-12(3)5-7-14/h4-7,10-11,16H,8-9H2,1-3H3/b13-10+. The molecule has 0 fully saturated rings. The van der Waals surface area contributed by atoms with Crippen LogP contribution in [0.2, 0.25) is 0 Å². The minimum Gasteiger partial charge on any atom is -0.211 e. The lowest BCUT2D eigenvalue weighted by atomic mass is 10.2. The number of halogens is 1. The van der Waals surface area contributed by atoms with Crippen molar-refractivity contribution in [3.63, 3.8) is 0 Å². The van der Waals surface area contributed by atoms with Crippen molar-refractivity contribution >= 4 is 21.6 Å². The van der Waals surface area contributed by atoms with Crippen LogP contribution in [0, 0.1) is 12.8 Å². The molecule has 0 radical (unpaired) electrons. The molecule has 1 aromatic rings. The highest BCUT2D eigenvalue weighted by molar-refractivity contribution is 7.89. The van der Waals surface area contributed by atoms with E-state index in [1.807, 2.05) is 26.8 Å². The first-order chi connectivity index (χ1) is 8.81. The van der Waals surface area contributed by atoms with Crippen molar-refractivity contribution < 1.29 is 8.42 Å². The lowest BCUT2D eigenvalue weighted by Crippen LogP contribution is -2.24. The van der Waals surface area contributed by atoms with E-state index in [0.717, 1.165) is 5.56 Å². The van der Waals surface area contributed by atoms with Crippen LogP contribution in [0.1, 0.15) is 25.8 Å². The quantitative estimate of drug-likeness (QED) is 0.875. The number of aryl methyl sites for hydroxylation is 1. The van der Waals surface area contributed by atoms with Crippen LogP contribution < -0.4 is 4.72 Å². The Kier molecular flexibility index (Phi) is 6.04. The Morgan fingerprint density at radius 1 is 1.32 bits per heavy atom. The molecule has 0 spiro atoms. The van der Waals surface area contributed by atoms with E-state index in [0.29, 0.717) is 23.9 Å². The summed E-state index contributed by atoms with van der Waals surface area (Å²) in [4.78, 5) is 0.280. The second-order valence-electron chi connectivity index (χ2n) is 4.82. The van der Waals surface area contributed by atoms with E-state index in [9.17, 15) is 8.42 Å². The minimum atomic E-state index is -3.44. The van der Waals surface area contributed by atoms with Crippen LogP contribution >= 0.6 is 11.6 Å².